The molecule has 0 aliphatic carbocycles. The van der Waals surface area contributed by atoms with Crippen LogP contribution in [0, 0.1) is 5.92 Å². The van der Waals surface area contributed by atoms with Crippen LogP contribution in [0.1, 0.15) is 26.2 Å². The molecule has 0 aromatic heterocycles. The lowest BCUT2D eigenvalue weighted by molar-refractivity contribution is 0.0184. The summed E-state index contributed by atoms with van der Waals surface area (Å²) in [7, 11) is 0. The van der Waals surface area contributed by atoms with E-state index < -0.39 is 0 Å². The normalized spacial score (nSPS) is 28.7. The molecule has 18 heavy (non-hydrogen) atoms. The highest BCUT2D eigenvalue weighted by atomic mass is 35.5. The predicted octanol–water partition coefficient (Wildman–Crippen LogP) is 2.05. The van der Waals surface area contributed by atoms with E-state index in [1.165, 1.54) is 32.5 Å². The Balaban J connectivity index is 1.64. The molecule has 0 saturated carbocycles. The van der Waals surface area contributed by atoms with Crippen molar-refractivity contribution in [3.05, 3.63) is 0 Å². The van der Waals surface area contributed by atoms with Gasteiger partial charge < -0.3 is 9.64 Å². The van der Waals surface area contributed by atoms with Gasteiger partial charge >= 0.3 is 0 Å². The Morgan fingerprint density at radius 3 is 2.72 bits per heavy atom. The third kappa shape index (κ3) is 4.37. The Kier molecular flexibility index (Phi) is 6.22. The van der Waals surface area contributed by atoms with Gasteiger partial charge in [-0.3, -0.25) is 4.90 Å². The van der Waals surface area contributed by atoms with Gasteiger partial charge in [-0.1, -0.05) is 6.92 Å². The maximum atomic E-state index is 5.78. The van der Waals surface area contributed by atoms with Gasteiger partial charge in [0.15, 0.2) is 0 Å². The van der Waals surface area contributed by atoms with E-state index in [2.05, 4.69) is 16.7 Å². The van der Waals surface area contributed by atoms with Crippen molar-refractivity contribution in [2.24, 2.45) is 5.92 Å². The third-order valence-electron chi connectivity index (χ3n) is 4.35. The third-order valence-corrected chi connectivity index (χ3v) is 4.57. The first-order valence-corrected chi connectivity index (χ1v) is 7.93. The number of morpholine rings is 1. The van der Waals surface area contributed by atoms with E-state index in [1.54, 1.807) is 0 Å². The summed E-state index contributed by atoms with van der Waals surface area (Å²) in [5, 5.41) is 0. The van der Waals surface area contributed by atoms with Gasteiger partial charge in [0.05, 0.1) is 13.2 Å². The van der Waals surface area contributed by atoms with Gasteiger partial charge in [0.1, 0.15) is 0 Å². The fourth-order valence-electron chi connectivity index (χ4n) is 2.99. The second-order valence-electron chi connectivity index (χ2n) is 5.76. The van der Waals surface area contributed by atoms with Gasteiger partial charge in [-0.2, -0.15) is 0 Å². The average Bonchev–Trinajstić information content (AvgIpc) is 2.87. The van der Waals surface area contributed by atoms with Crippen LogP contribution in [0.2, 0.25) is 0 Å². The molecule has 0 spiro atoms. The number of hydrogen-bond acceptors (Lipinski definition) is 3. The van der Waals surface area contributed by atoms with Crippen LogP contribution in [0.5, 0.6) is 0 Å². The van der Waals surface area contributed by atoms with Crippen LogP contribution in [0.4, 0.5) is 0 Å². The Morgan fingerprint density at radius 2 is 2.00 bits per heavy atom. The molecule has 2 unspecified atom stereocenters. The number of rotatable bonds is 6. The van der Waals surface area contributed by atoms with Crippen molar-refractivity contribution in [3.63, 3.8) is 0 Å². The van der Waals surface area contributed by atoms with Gasteiger partial charge in [0, 0.05) is 31.6 Å². The summed E-state index contributed by atoms with van der Waals surface area (Å²) in [6.07, 6.45) is 3.79. The van der Waals surface area contributed by atoms with Crippen molar-refractivity contribution in [1.29, 1.82) is 0 Å². The van der Waals surface area contributed by atoms with Gasteiger partial charge in [-0.05, 0) is 38.3 Å². The summed E-state index contributed by atoms with van der Waals surface area (Å²) >= 11 is 5.78. The largest absolute Gasteiger partial charge is 0.379 e. The minimum absolute atomic E-state index is 0.768. The molecule has 4 heteroatoms. The molecule has 0 N–H and O–H groups in total. The number of nitrogens with zero attached hydrogens (tertiary/aromatic N) is 2. The Labute approximate surface area is 116 Å². The van der Waals surface area contributed by atoms with Crippen molar-refractivity contribution < 1.29 is 4.74 Å². The van der Waals surface area contributed by atoms with Crippen molar-refractivity contribution in [2.75, 3.05) is 51.8 Å². The van der Waals surface area contributed by atoms with Gasteiger partial charge in [-0.25, -0.2) is 0 Å². The standard InChI is InChI=1S/C14H27ClN2O/c1-13(2-5-15)3-6-16-7-4-14(12-16)17-8-10-18-11-9-17/h13-14H,2-12H2,1H3. The van der Waals surface area contributed by atoms with Gasteiger partial charge in [0.25, 0.3) is 0 Å². The fraction of sp³-hybridized carbons (Fsp3) is 1.00. The van der Waals surface area contributed by atoms with Crippen molar-refractivity contribution in [2.45, 2.75) is 32.2 Å². The van der Waals surface area contributed by atoms with Crippen LogP contribution in [0.15, 0.2) is 0 Å². The van der Waals surface area contributed by atoms with Crippen LogP contribution in [-0.4, -0.2) is 67.7 Å². The van der Waals surface area contributed by atoms with Gasteiger partial charge in [0.2, 0.25) is 0 Å². The molecule has 2 heterocycles. The molecule has 2 aliphatic rings. The SMILES string of the molecule is CC(CCCl)CCN1CCC(N2CCOCC2)C1. The smallest absolute Gasteiger partial charge is 0.0594 e. The molecule has 2 fully saturated rings. The fourth-order valence-corrected chi connectivity index (χ4v) is 3.36. The number of likely N-dealkylation sites (tertiary alicyclic amines) is 1. The number of ether oxygens (including phenoxy) is 1. The minimum atomic E-state index is 0.768. The molecule has 3 nitrogen and oxygen atoms in total. The monoisotopic (exact) mass is 274 g/mol. The van der Waals surface area contributed by atoms with Crippen LogP contribution >= 0.6 is 11.6 Å². The van der Waals surface area contributed by atoms with Crippen molar-refractivity contribution >= 4 is 11.6 Å². The molecule has 2 aliphatic heterocycles. The Hall–Kier alpha value is 0.170. The van der Waals surface area contributed by atoms with E-state index in [0.717, 1.165) is 50.6 Å². The van der Waals surface area contributed by atoms with E-state index in [4.69, 9.17) is 16.3 Å². The van der Waals surface area contributed by atoms with E-state index in [1.807, 2.05) is 0 Å². The Bertz CT molecular complexity index is 234. The highest BCUT2D eigenvalue weighted by Gasteiger charge is 2.28. The quantitative estimate of drug-likeness (QED) is 0.690. The molecule has 0 bridgehead atoms. The Morgan fingerprint density at radius 1 is 1.22 bits per heavy atom. The lowest BCUT2D eigenvalue weighted by Crippen LogP contribution is -2.44. The minimum Gasteiger partial charge on any atom is -0.379 e. The highest BCUT2D eigenvalue weighted by molar-refractivity contribution is 6.17. The zero-order chi connectivity index (χ0) is 12.8. The number of hydrogen-bond donors (Lipinski definition) is 0. The van der Waals surface area contributed by atoms with E-state index in [-0.39, 0.29) is 0 Å². The second-order valence-corrected chi connectivity index (χ2v) is 6.14. The first kappa shape index (κ1) is 14.6. The van der Waals surface area contributed by atoms with E-state index in [0.29, 0.717) is 0 Å². The summed E-state index contributed by atoms with van der Waals surface area (Å²) in [5.41, 5.74) is 0. The number of halogens is 1. The lowest BCUT2D eigenvalue weighted by Gasteiger charge is -2.32. The summed E-state index contributed by atoms with van der Waals surface area (Å²) < 4.78 is 5.42. The van der Waals surface area contributed by atoms with Crippen LogP contribution < -0.4 is 0 Å². The molecule has 2 atom stereocenters. The summed E-state index contributed by atoms with van der Waals surface area (Å²) in [6.45, 7) is 10.2. The first-order chi connectivity index (χ1) is 8.79. The molecule has 106 valence electrons. The second kappa shape index (κ2) is 7.68. The molecule has 0 aromatic rings. The lowest BCUT2D eigenvalue weighted by atomic mass is 10.1. The van der Waals surface area contributed by atoms with Crippen molar-refractivity contribution in [3.8, 4) is 0 Å². The molecule has 2 saturated heterocycles. The number of alkyl halides is 1. The molecule has 0 radical (unpaired) electrons. The zero-order valence-electron chi connectivity index (χ0n) is 11.6. The van der Waals surface area contributed by atoms with Crippen molar-refractivity contribution in [1.82, 2.24) is 9.80 Å². The van der Waals surface area contributed by atoms with E-state index in [9.17, 15) is 0 Å². The summed E-state index contributed by atoms with van der Waals surface area (Å²) in [5.74, 6) is 1.57. The predicted molar refractivity (Wildman–Crippen MR) is 76.4 cm³/mol. The van der Waals surface area contributed by atoms with E-state index >= 15 is 0 Å². The summed E-state index contributed by atoms with van der Waals surface area (Å²) in [6, 6.07) is 0.775. The van der Waals surface area contributed by atoms with Crippen LogP contribution in [0.25, 0.3) is 0 Å². The molecule has 0 amide bonds. The molecular formula is C14H27ClN2O. The zero-order valence-corrected chi connectivity index (χ0v) is 12.4. The van der Waals surface area contributed by atoms with Gasteiger partial charge in [-0.15, -0.1) is 11.6 Å². The maximum Gasteiger partial charge on any atom is 0.0594 e. The molecule has 2 rings (SSSR count). The van der Waals surface area contributed by atoms with Crippen LogP contribution in [-0.2, 0) is 4.74 Å². The maximum absolute atomic E-state index is 5.78. The highest BCUT2D eigenvalue weighted by Crippen LogP contribution is 2.18. The first-order valence-electron chi connectivity index (χ1n) is 7.39. The molecule has 0 aromatic carbocycles. The average molecular weight is 275 g/mol. The summed E-state index contributed by atoms with van der Waals surface area (Å²) in [4.78, 5) is 5.25. The topological polar surface area (TPSA) is 15.7 Å². The molecular weight excluding hydrogens is 248 g/mol. The van der Waals surface area contributed by atoms with Crippen LogP contribution in [0.3, 0.4) is 0 Å².